The number of benzene rings is 1. The molecule has 2 heterocycles. The molecule has 1 aromatic carbocycles. The molecule has 0 aliphatic carbocycles. The maximum atomic E-state index is 12.0. The van der Waals surface area contributed by atoms with Gasteiger partial charge in [0, 0.05) is 63.5 Å². The predicted octanol–water partition coefficient (Wildman–Crippen LogP) is 1.22. The van der Waals surface area contributed by atoms with Gasteiger partial charge in [0.25, 0.3) is 0 Å². The van der Waals surface area contributed by atoms with E-state index in [0.29, 0.717) is 6.04 Å². The average Bonchev–Trinajstić information content (AvgIpc) is 3.24. The maximum absolute atomic E-state index is 12.0. The molecule has 1 N–H and O–H groups in total. The summed E-state index contributed by atoms with van der Waals surface area (Å²) in [4.78, 5) is 24.4. The number of carbonyl (C=O) groups is 1. The van der Waals surface area contributed by atoms with Gasteiger partial charge in [0.05, 0.1) is 13.2 Å². The Balaban J connectivity index is 1.54. The molecule has 2 aliphatic rings. The summed E-state index contributed by atoms with van der Waals surface area (Å²) in [7, 11) is 3.54. The predicted molar refractivity (Wildman–Crippen MR) is 119 cm³/mol. The number of rotatable bonds is 7. The molecule has 2 aliphatic heterocycles. The van der Waals surface area contributed by atoms with Crippen molar-refractivity contribution in [1.82, 2.24) is 20.0 Å². The van der Waals surface area contributed by atoms with Crippen molar-refractivity contribution in [1.29, 1.82) is 0 Å². The van der Waals surface area contributed by atoms with Gasteiger partial charge in [-0.2, -0.15) is 0 Å². The van der Waals surface area contributed by atoms with Crippen LogP contribution in [-0.2, 0) is 9.53 Å². The smallest absolute Gasteiger partial charge is 0.243 e. The molecular formula is C21H33N5O2S. The van der Waals surface area contributed by atoms with Crippen molar-refractivity contribution in [2.24, 2.45) is 4.99 Å². The molecule has 0 aromatic heterocycles. The second-order valence-corrected chi connectivity index (χ2v) is 8.72. The highest BCUT2D eigenvalue weighted by Crippen LogP contribution is 2.18. The normalized spacial score (nSPS) is 20.7. The zero-order chi connectivity index (χ0) is 20.5. The highest BCUT2D eigenvalue weighted by atomic mass is 32.2. The van der Waals surface area contributed by atoms with Gasteiger partial charge in [0.15, 0.2) is 5.96 Å². The van der Waals surface area contributed by atoms with Gasteiger partial charge in [-0.25, -0.2) is 4.99 Å². The Bertz CT molecular complexity index is 664. The summed E-state index contributed by atoms with van der Waals surface area (Å²) in [5.74, 6) is 1.82. The van der Waals surface area contributed by atoms with Gasteiger partial charge in [0.1, 0.15) is 6.54 Å². The van der Waals surface area contributed by atoms with Crippen molar-refractivity contribution in [2.75, 3.05) is 72.3 Å². The third kappa shape index (κ3) is 6.90. The minimum atomic E-state index is 0.0203. The molecule has 8 heteroatoms. The van der Waals surface area contributed by atoms with Crippen molar-refractivity contribution in [3.63, 3.8) is 0 Å². The minimum absolute atomic E-state index is 0.0203. The van der Waals surface area contributed by atoms with Crippen LogP contribution in [0.25, 0.3) is 0 Å². The first-order chi connectivity index (χ1) is 14.1. The molecule has 160 valence electrons. The minimum Gasteiger partial charge on any atom is -0.379 e. The molecule has 2 fully saturated rings. The number of ether oxygens (including phenoxy) is 1. The summed E-state index contributed by atoms with van der Waals surface area (Å²) in [5.41, 5.74) is 0. The standard InChI is InChI=1S/C21H33N5O2S/c1-24(2)20(27)16-23-21(22-9-15-29-19-6-4-3-5-7-19)26-10-8-18(17-26)25-11-13-28-14-12-25/h3-7,18H,8-17H2,1-2H3,(H,22,23). The second-order valence-electron chi connectivity index (χ2n) is 7.55. The molecule has 3 rings (SSSR count). The van der Waals surface area contributed by atoms with Crippen LogP contribution < -0.4 is 5.32 Å². The first kappa shape index (κ1) is 21.9. The molecule has 2 saturated heterocycles. The Kier molecular flexibility index (Phi) is 8.64. The quantitative estimate of drug-likeness (QED) is 0.310. The number of aliphatic imine (C=N–C) groups is 1. The van der Waals surface area contributed by atoms with Crippen LogP contribution in [0.2, 0.25) is 0 Å². The van der Waals surface area contributed by atoms with Gasteiger partial charge in [-0.15, -0.1) is 11.8 Å². The Morgan fingerprint density at radius 3 is 2.72 bits per heavy atom. The van der Waals surface area contributed by atoms with Crippen LogP contribution in [0.3, 0.4) is 0 Å². The summed E-state index contributed by atoms with van der Waals surface area (Å²) in [6, 6.07) is 10.9. The maximum Gasteiger partial charge on any atom is 0.243 e. The highest BCUT2D eigenvalue weighted by Gasteiger charge is 2.30. The van der Waals surface area contributed by atoms with Gasteiger partial charge in [-0.05, 0) is 18.6 Å². The highest BCUT2D eigenvalue weighted by molar-refractivity contribution is 7.99. The molecular weight excluding hydrogens is 386 g/mol. The van der Waals surface area contributed by atoms with E-state index < -0.39 is 0 Å². The van der Waals surface area contributed by atoms with E-state index in [1.165, 1.54) is 4.90 Å². The summed E-state index contributed by atoms with van der Waals surface area (Å²) in [6.07, 6.45) is 1.13. The molecule has 1 aromatic rings. The fourth-order valence-corrected chi connectivity index (χ4v) is 4.36. The van der Waals surface area contributed by atoms with E-state index >= 15 is 0 Å². The van der Waals surface area contributed by atoms with Crippen molar-refractivity contribution < 1.29 is 9.53 Å². The number of thioether (sulfide) groups is 1. The van der Waals surface area contributed by atoms with Crippen LogP contribution in [0.15, 0.2) is 40.2 Å². The third-order valence-electron chi connectivity index (χ3n) is 5.28. The fraction of sp³-hybridized carbons (Fsp3) is 0.619. The van der Waals surface area contributed by atoms with E-state index in [2.05, 4.69) is 44.4 Å². The largest absolute Gasteiger partial charge is 0.379 e. The lowest BCUT2D eigenvalue weighted by molar-refractivity contribution is -0.127. The number of amides is 1. The molecule has 0 radical (unpaired) electrons. The Morgan fingerprint density at radius 2 is 2.00 bits per heavy atom. The Hall–Kier alpha value is -1.77. The first-order valence-electron chi connectivity index (χ1n) is 10.4. The van der Waals surface area contributed by atoms with Crippen LogP contribution >= 0.6 is 11.8 Å². The number of hydrogen-bond donors (Lipinski definition) is 1. The molecule has 0 spiro atoms. The van der Waals surface area contributed by atoms with E-state index in [9.17, 15) is 4.79 Å². The van der Waals surface area contributed by atoms with Gasteiger partial charge in [0.2, 0.25) is 5.91 Å². The number of likely N-dealkylation sites (N-methyl/N-ethyl adjacent to an activating group) is 1. The molecule has 29 heavy (non-hydrogen) atoms. The van der Waals surface area contributed by atoms with Crippen LogP contribution in [0, 0.1) is 0 Å². The molecule has 7 nitrogen and oxygen atoms in total. The molecule has 0 saturated carbocycles. The van der Waals surface area contributed by atoms with E-state index in [1.807, 2.05) is 17.8 Å². The van der Waals surface area contributed by atoms with E-state index in [0.717, 1.165) is 64.1 Å². The lowest BCUT2D eigenvalue weighted by Crippen LogP contribution is -2.47. The third-order valence-corrected chi connectivity index (χ3v) is 6.30. The SMILES string of the molecule is CN(C)C(=O)CN=C(NCCSc1ccccc1)N1CCC(N2CCOCC2)C1. The van der Waals surface area contributed by atoms with Gasteiger partial charge >= 0.3 is 0 Å². The number of nitrogens with one attached hydrogen (secondary N) is 1. The number of guanidine groups is 1. The fourth-order valence-electron chi connectivity index (χ4n) is 3.57. The summed E-state index contributed by atoms with van der Waals surface area (Å²) in [5, 5.41) is 3.49. The number of nitrogens with zero attached hydrogens (tertiary/aromatic N) is 4. The van der Waals surface area contributed by atoms with Gasteiger partial charge in [-0.1, -0.05) is 18.2 Å². The molecule has 1 unspecified atom stereocenters. The molecule has 0 bridgehead atoms. The van der Waals surface area contributed by atoms with Crippen molar-refractivity contribution in [3.05, 3.63) is 30.3 Å². The summed E-state index contributed by atoms with van der Waals surface area (Å²) < 4.78 is 5.49. The number of likely N-dealkylation sites (tertiary alicyclic amines) is 1. The average molecular weight is 420 g/mol. The monoisotopic (exact) mass is 419 g/mol. The number of carbonyl (C=O) groups excluding carboxylic acids is 1. The number of hydrogen-bond acceptors (Lipinski definition) is 5. The van der Waals surface area contributed by atoms with Crippen LogP contribution in [0.1, 0.15) is 6.42 Å². The molecule has 1 atom stereocenters. The lowest BCUT2D eigenvalue weighted by atomic mass is 10.2. The van der Waals surface area contributed by atoms with Crippen molar-refractivity contribution in [3.8, 4) is 0 Å². The van der Waals surface area contributed by atoms with Gasteiger partial charge in [-0.3, -0.25) is 9.69 Å². The Morgan fingerprint density at radius 1 is 1.24 bits per heavy atom. The number of morpholine rings is 1. The van der Waals surface area contributed by atoms with Crippen LogP contribution in [0.4, 0.5) is 0 Å². The topological polar surface area (TPSA) is 60.4 Å². The summed E-state index contributed by atoms with van der Waals surface area (Å²) in [6.45, 7) is 6.57. The van der Waals surface area contributed by atoms with Gasteiger partial charge < -0.3 is 19.9 Å². The van der Waals surface area contributed by atoms with Crippen LogP contribution in [0.5, 0.6) is 0 Å². The molecule has 1 amide bonds. The van der Waals surface area contributed by atoms with E-state index in [-0.39, 0.29) is 12.5 Å². The first-order valence-corrected chi connectivity index (χ1v) is 11.3. The van der Waals surface area contributed by atoms with E-state index in [4.69, 9.17) is 4.74 Å². The zero-order valence-electron chi connectivity index (χ0n) is 17.5. The zero-order valence-corrected chi connectivity index (χ0v) is 18.4. The van der Waals surface area contributed by atoms with Crippen molar-refractivity contribution in [2.45, 2.75) is 17.4 Å². The van der Waals surface area contributed by atoms with Crippen molar-refractivity contribution >= 4 is 23.6 Å². The van der Waals surface area contributed by atoms with E-state index in [1.54, 1.807) is 19.0 Å². The second kappa shape index (κ2) is 11.4. The van der Waals surface area contributed by atoms with Crippen LogP contribution in [-0.4, -0.2) is 105 Å². The summed E-state index contributed by atoms with van der Waals surface area (Å²) >= 11 is 1.82. The Labute approximate surface area is 178 Å². The lowest BCUT2D eigenvalue weighted by Gasteiger charge is -2.32.